The first-order chi connectivity index (χ1) is 36.2. The maximum atomic E-state index is 2.45. The minimum absolute atomic E-state index is 0.457. The standard InChI is InChI=1S/C71H47NS/c1-3-18-58(19-4-1)71(59-20-5-2-6-21-59)67-24-11-9-22-63(67)64-42-34-56(46-68(64)71)50-30-38-61(39-31-50)72(62-40-32-51(33-41-62)57-35-43-66-65-23-10-12-25-69(65)73-70(66)47-57)60-36-28-49(29-37-60)53-16-13-17-54(44-53)55-27-26-48-14-7-8-15-52(48)45-55/h1-47H. The molecule has 73 heavy (non-hydrogen) atoms. The van der Waals surface area contributed by atoms with E-state index in [0.717, 1.165) is 17.1 Å². The molecule has 0 atom stereocenters. The van der Waals surface area contributed by atoms with Crippen molar-refractivity contribution in [2.75, 3.05) is 4.90 Å². The fraction of sp³-hybridized carbons (Fsp3) is 0.0141. The van der Waals surface area contributed by atoms with E-state index >= 15 is 0 Å². The highest BCUT2D eigenvalue weighted by atomic mass is 32.1. The smallest absolute Gasteiger partial charge is 0.0713 e. The van der Waals surface area contributed by atoms with Crippen molar-refractivity contribution in [3.8, 4) is 55.6 Å². The maximum Gasteiger partial charge on any atom is 0.0713 e. The van der Waals surface area contributed by atoms with Gasteiger partial charge in [0.25, 0.3) is 0 Å². The Morgan fingerprint density at radius 1 is 0.260 bits per heavy atom. The van der Waals surface area contributed by atoms with Crippen LogP contribution in [0.3, 0.4) is 0 Å². The summed E-state index contributed by atoms with van der Waals surface area (Å²) >= 11 is 1.86. The van der Waals surface area contributed by atoms with Crippen LogP contribution < -0.4 is 4.90 Å². The Bertz CT molecular complexity index is 4130. The molecule has 13 aromatic rings. The van der Waals surface area contributed by atoms with Crippen LogP contribution in [0.1, 0.15) is 22.3 Å². The molecule has 2 heteroatoms. The molecule has 0 unspecified atom stereocenters. The van der Waals surface area contributed by atoms with E-state index in [1.807, 2.05) is 11.3 Å². The van der Waals surface area contributed by atoms with Gasteiger partial charge >= 0.3 is 0 Å². The molecule has 342 valence electrons. The van der Waals surface area contributed by atoms with Gasteiger partial charge in [0, 0.05) is 37.2 Å². The highest BCUT2D eigenvalue weighted by Crippen LogP contribution is 2.57. The van der Waals surface area contributed by atoms with Crippen LogP contribution in [0.5, 0.6) is 0 Å². The van der Waals surface area contributed by atoms with Gasteiger partial charge < -0.3 is 4.90 Å². The van der Waals surface area contributed by atoms with Crippen molar-refractivity contribution in [3.63, 3.8) is 0 Å². The molecule has 1 aromatic heterocycles. The normalized spacial score (nSPS) is 12.5. The van der Waals surface area contributed by atoms with Crippen molar-refractivity contribution in [2.45, 2.75) is 5.41 Å². The molecule has 0 radical (unpaired) electrons. The minimum atomic E-state index is -0.457. The third-order valence-corrected chi connectivity index (χ3v) is 16.3. The van der Waals surface area contributed by atoms with Crippen LogP contribution in [0, 0.1) is 0 Å². The Labute approximate surface area is 430 Å². The molecule has 1 heterocycles. The van der Waals surface area contributed by atoms with Crippen molar-refractivity contribution in [1.82, 2.24) is 0 Å². The van der Waals surface area contributed by atoms with E-state index in [1.165, 1.54) is 109 Å². The molecule has 1 nitrogen and oxygen atoms in total. The van der Waals surface area contributed by atoms with Crippen LogP contribution in [0.15, 0.2) is 285 Å². The second kappa shape index (κ2) is 17.6. The fourth-order valence-electron chi connectivity index (χ4n) is 11.6. The fourth-order valence-corrected chi connectivity index (χ4v) is 12.8. The van der Waals surface area contributed by atoms with Crippen molar-refractivity contribution in [1.29, 1.82) is 0 Å². The molecule has 14 rings (SSSR count). The number of hydrogen-bond acceptors (Lipinski definition) is 2. The summed E-state index contributed by atoms with van der Waals surface area (Å²) in [7, 11) is 0. The van der Waals surface area contributed by atoms with Crippen LogP contribution in [0.4, 0.5) is 17.1 Å². The molecule has 1 aliphatic carbocycles. The second-order valence-corrected chi connectivity index (χ2v) is 20.3. The van der Waals surface area contributed by atoms with Gasteiger partial charge in [0.2, 0.25) is 0 Å². The van der Waals surface area contributed by atoms with Gasteiger partial charge in [0.15, 0.2) is 0 Å². The number of thiophene rings is 1. The van der Waals surface area contributed by atoms with Gasteiger partial charge in [-0.2, -0.15) is 0 Å². The number of hydrogen-bond donors (Lipinski definition) is 0. The van der Waals surface area contributed by atoms with Crippen LogP contribution in [0.2, 0.25) is 0 Å². The van der Waals surface area contributed by atoms with E-state index < -0.39 is 5.41 Å². The SMILES string of the molecule is c1ccc(C2(c3ccccc3)c3ccccc3-c3ccc(-c4ccc(N(c5ccc(-c6cccc(-c7ccc8ccccc8c7)c6)cc5)c5ccc(-c6ccc7c(c6)sc6ccccc67)cc5)cc4)cc32)cc1. The summed E-state index contributed by atoms with van der Waals surface area (Å²) in [5.41, 5.74) is 20.1. The van der Waals surface area contributed by atoms with Gasteiger partial charge in [0.05, 0.1) is 5.41 Å². The number of fused-ring (bicyclic) bond motifs is 7. The van der Waals surface area contributed by atoms with Crippen LogP contribution in [-0.2, 0) is 5.41 Å². The van der Waals surface area contributed by atoms with E-state index in [-0.39, 0.29) is 0 Å². The lowest BCUT2D eigenvalue weighted by molar-refractivity contribution is 0.769. The monoisotopic (exact) mass is 945 g/mol. The van der Waals surface area contributed by atoms with E-state index in [2.05, 4.69) is 290 Å². The lowest BCUT2D eigenvalue weighted by Crippen LogP contribution is -2.28. The molecule has 0 saturated heterocycles. The van der Waals surface area contributed by atoms with E-state index in [1.54, 1.807) is 0 Å². The first-order valence-corrected chi connectivity index (χ1v) is 25.9. The van der Waals surface area contributed by atoms with Gasteiger partial charge in [-0.15, -0.1) is 11.3 Å². The van der Waals surface area contributed by atoms with Crippen LogP contribution in [0.25, 0.3) is 86.6 Å². The van der Waals surface area contributed by atoms with Crippen molar-refractivity contribution in [3.05, 3.63) is 307 Å². The quantitative estimate of drug-likeness (QED) is 0.139. The van der Waals surface area contributed by atoms with Gasteiger partial charge in [-0.1, -0.05) is 218 Å². The van der Waals surface area contributed by atoms with E-state index in [0.29, 0.717) is 0 Å². The molecular formula is C71H47NS. The largest absolute Gasteiger partial charge is 0.311 e. The molecule has 0 bridgehead atoms. The molecule has 0 fully saturated rings. The molecular weight excluding hydrogens is 899 g/mol. The summed E-state index contributed by atoms with van der Waals surface area (Å²) in [6.45, 7) is 0. The second-order valence-electron chi connectivity index (χ2n) is 19.2. The molecule has 12 aromatic carbocycles. The highest BCUT2D eigenvalue weighted by molar-refractivity contribution is 7.25. The Kier molecular flexibility index (Phi) is 10.3. The van der Waals surface area contributed by atoms with Gasteiger partial charge in [-0.3, -0.25) is 0 Å². The molecule has 0 spiro atoms. The summed E-state index contributed by atoms with van der Waals surface area (Å²) in [6.07, 6.45) is 0. The lowest BCUT2D eigenvalue weighted by Gasteiger charge is -2.34. The van der Waals surface area contributed by atoms with Gasteiger partial charge in [-0.05, 0) is 155 Å². The topological polar surface area (TPSA) is 3.24 Å². The summed E-state index contributed by atoms with van der Waals surface area (Å²) in [5, 5.41) is 5.14. The first-order valence-electron chi connectivity index (χ1n) is 25.1. The van der Waals surface area contributed by atoms with Crippen LogP contribution >= 0.6 is 11.3 Å². The highest BCUT2D eigenvalue weighted by Gasteiger charge is 2.46. The lowest BCUT2D eigenvalue weighted by atomic mass is 9.67. The Hall–Kier alpha value is -9.08. The van der Waals surface area contributed by atoms with E-state index in [9.17, 15) is 0 Å². The van der Waals surface area contributed by atoms with Crippen LogP contribution in [-0.4, -0.2) is 0 Å². The summed E-state index contributed by atoms with van der Waals surface area (Å²) in [4.78, 5) is 2.38. The Morgan fingerprint density at radius 2 is 0.726 bits per heavy atom. The predicted molar refractivity (Wildman–Crippen MR) is 311 cm³/mol. The van der Waals surface area contributed by atoms with Gasteiger partial charge in [0.1, 0.15) is 0 Å². The van der Waals surface area contributed by atoms with E-state index in [4.69, 9.17) is 0 Å². The number of anilines is 3. The van der Waals surface area contributed by atoms with Crippen molar-refractivity contribution < 1.29 is 0 Å². The molecule has 0 aliphatic heterocycles. The Balaban J connectivity index is 0.842. The Morgan fingerprint density at radius 3 is 1.40 bits per heavy atom. The van der Waals surface area contributed by atoms with Gasteiger partial charge in [-0.25, -0.2) is 0 Å². The maximum absolute atomic E-state index is 2.45. The average Bonchev–Trinajstić information content (AvgIpc) is 4.01. The summed E-state index contributed by atoms with van der Waals surface area (Å²) < 4.78 is 2.63. The molecule has 0 saturated carbocycles. The summed E-state index contributed by atoms with van der Waals surface area (Å²) in [6, 6.07) is 105. The van der Waals surface area contributed by atoms with Crippen molar-refractivity contribution >= 4 is 59.3 Å². The zero-order chi connectivity index (χ0) is 48.3. The van der Waals surface area contributed by atoms with Crippen molar-refractivity contribution in [2.24, 2.45) is 0 Å². The molecule has 0 amide bonds. The third kappa shape index (κ3) is 7.29. The minimum Gasteiger partial charge on any atom is -0.311 e. The molecule has 1 aliphatic rings. The number of rotatable bonds is 9. The average molecular weight is 946 g/mol. The third-order valence-electron chi connectivity index (χ3n) is 15.2. The summed E-state index contributed by atoms with van der Waals surface area (Å²) in [5.74, 6) is 0. The first kappa shape index (κ1) is 42.8. The number of benzene rings is 12. The molecule has 0 N–H and O–H groups in total. The zero-order valence-electron chi connectivity index (χ0n) is 40.0. The number of nitrogens with zero attached hydrogens (tertiary/aromatic N) is 1. The predicted octanol–water partition coefficient (Wildman–Crippen LogP) is 19.7. The zero-order valence-corrected chi connectivity index (χ0v) is 40.8.